The van der Waals surface area contributed by atoms with Crippen LogP contribution in [0.1, 0.15) is 6.55 Å². The molecule has 3 rings (SSSR count). The molecule has 1 aromatic heterocycles. The molecule has 2 aromatic carbocycles. The maximum Gasteiger partial charge on any atom is 0.321 e. The van der Waals surface area contributed by atoms with Crippen molar-refractivity contribution in [2.24, 2.45) is 0 Å². The zero-order chi connectivity index (χ0) is 18.0. The summed E-state index contributed by atoms with van der Waals surface area (Å²) in [7, 11) is 0. The number of carbonyl (C=O) groups is 1. The minimum absolute atomic E-state index is 0.0663. The summed E-state index contributed by atoms with van der Waals surface area (Å²) in [5.41, 5.74) is 1.05. The van der Waals surface area contributed by atoms with Gasteiger partial charge in [-0.1, -0.05) is 53.2 Å². The second-order valence-corrected chi connectivity index (χ2v) is 6.72. The Hall–Kier alpha value is -1.83. The van der Waals surface area contributed by atoms with Gasteiger partial charge >= 0.3 is 6.55 Å². The number of thioether (sulfide) groups is 1. The van der Waals surface area contributed by atoms with E-state index in [1.165, 1.54) is 0 Å². The summed E-state index contributed by atoms with van der Waals surface area (Å²) in [6.45, 7) is -2.75. The predicted molar refractivity (Wildman–Crippen MR) is 96.8 cm³/mol. The summed E-state index contributed by atoms with van der Waals surface area (Å²) in [5.74, 6) is -0.537. The average Bonchev–Trinajstić information content (AvgIpc) is 2.95. The van der Waals surface area contributed by atoms with Gasteiger partial charge in [-0.25, -0.2) is 4.98 Å². The largest absolute Gasteiger partial charge is 0.323 e. The molecule has 0 saturated heterocycles. The lowest BCUT2D eigenvalue weighted by Gasteiger charge is -2.10. The van der Waals surface area contributed by atoms with E-state index in [0.29, 0.717) is 26.8 Å². The normalized spacial score (nSPS) is 11.2. The van der Waals surface area contributed by atoms with Crippen LogP contribution in [0.4, 0.5) is 14.5 Å². The van der Waals surface area contributed by atoms with Crippen LogP contribution < -0.4 is 5.32 Å². The molecule has 0 radical (unpaired) electrons. The molecular weight excluding hydrogens is 391 g/mol. The van der Waals surface area contributed by atoms with Crippen LogP contribution in [0.25, 0.3) is 11.0 Å². The zero-order valence-electron chi connectivity index (χ0n) is 12.5. The Labute approximate surface area is 156 Å². The third kappa shape index (κ3) is 3.89. The van der Waals surface area contributed by atoms with Gasteiger partial charge in [0.1, 0.15) is 0 Å². The molecule has 25 heavy (non-hydrogen) atoms. The molecule has 0 fully saturated rings. The standard InChI is InChI=1S/C16H11Cl2F2N3OS/c17-9-4-3-5-10(18)14(9)22-13(24)8-25-16-21-11-6-1-2-7-12(11)23(16)15(19)20/h1-7,15H,8H2,(H,22,24). The maximum atomic E-state index is 13.3. The molecular formula is C16H11Cl2F2N3OS. The molecule has 1 heterocycles. The summed E-state index contributed by atoms with van der Waals surface area (Å²) in [5, 5.41) is 3.24. The summed E-state index contributed by atoms with van der Waals surface area (Å²) in [6, 6.07) is 11.4. The Morgan fingerprint density at radius 1 is 1.16 bits per heavy atom. The molecule has 0 aliphatic rings. The lowest BCUT2D eigenvalue weighted by atomic mass is 10.3. The summed E-state index contributed by atoms with van der Waals surface area (Å²) in [4.78, 5) is 16.3. The number of nitrogens with zero attached hydrogens (tertiary/aromatic N) is 2. The molecule has 0 bridgehead atoms. The molecule has 0 atom stereocenters. The predicted octanol–water partition coefficient (Wildman–Crippen LogP) is 5.47. The van der Waals surface area contributed by atoms with Gasteiger partial charge in [0, 0.05) is 0 Å². The van der Waals surface area contributed by atoms with Crippen molar-refractivity contribution in [3.63, 3.8) is 0 Å². The highest BCUT2D eigenvalue weighted by Gasteiger charge is 2.19. The molecule has 1 N–H and O–H groups in total. The van der Waals surface area contributed by atoms with Crippen molar-refractivity contribution < 1.29 is 13.6 Å². The molecule has 130 valence electrons. The van der Waals surface area contributed by atoms with Crippen LogP contribution in [0.15, 0.2) is 47.6 Å². The number of alkyl halides is 2. The number of benzene rings is 2. The molecule has 0 aliphatic carbocycles. The van der Waals surface area contributed by atoms with E-state index in [1.807, 2.05) is 0 Å². The maximum absolute atomic E-state index is 13.3. The molecule has 9 heteroatoms. The number of carbonyl (C=O) groups excluding carboxylic acids is 1. The van der Waals surface area contributed by atoms with Crippen LogP contribution in [0.5, 0.6) is 0 Å². The highest BCUT2D eigenvalue weighted by molar-refractivity contribution is 7.99. The minimum atomic E-state index is -2.75. The van der Waals surface area contributed by atoms with E-state index in [0.717, 1.165) is 16.3 Å². The van der Waals surface area contributed by atoms with Crippen LogP contribution in [-0.4, -0.2) is 21.2 Å². The van der Waals surface area contributed by atoms with Gasteiger partial charge in [-0.05, 0) is 24.3 Å². The van der Waals surface area contributed by atoms with Gasteiger partial charge in [-0.3, -0.25) is 9.36 Å². The van der Waals surface area contributed by atoms with E-state index in [2.05, 4.69) is 10.3 Å². The number of aromatic nitrogens is 2. The number of hydrogen-bond acceptors (Lipinski definition) is 3. The Balaban J connectivity index is 1.76. The topological polar surface area (TPSA) is 46.9 Å². The van der Waals surface area contributed by atoms with E-state index in [1.54, 1.807) is 42.5 Å². The van der Waals surface area contributed by atoms with Crippen LogP contribution in [-0.2, 0) is 4.79 Å². The highest BCUT2D eigenvalue weighted by Crippen LogP contribution is 2.31. The first kappa shape index (κ1) is 18.0. The Morgan fingerprint density at radius 2 is 1.84 bits per heavy atom. The van der Waals surface area contributed by atoms with Gasteiger partial charge in [0.2, 0.25) is 5.91 Å². The first-order valence-corrected chi connectivity index (χ1v) is 8.83. The van der Waals surface area contributed by atoms with E-state index in [-0.39, 0.29) is 10.9 Å². The number of nitrogens with one attached hydrogen (secondary N) is 1. The van der Waals surface area contributed by atoms with Crippen LogP contribution in [0.2, 0.25) is 10.0 Å². The summed E-state index contributed by atoms with van der Waals surface area (Å²) in [6.07, 6.45) is 0. The van der Waals surface area contributed by atoms with Gasteiger partial charge in [0.15, 0.2) is 5.16 Å². The number of hydrogen-bond donors (Lipinski definition) is 1. The average molecular weight is 402 g/mol. The molecule has 0 aliphatic heterocycles. The van der Waals surface area contributed by atoms with Crippen molar-refractivity contribution in [1.29, 1.82) is 0 Å². The highest BCUT2D eigenvalue weighted by atomic mass is 35.5. The zero-order valence-corrected chi connectivity index (χ0v) is 14.9. The van der Waals surface area contributed by atoms with Crippen molar-refractivity contribution in [2.45, 2.75) is 11.7 Å². The summed E-state index contributed by atoms with van der Waals surface area (Å²) >= 11 is 12.9. The number of fused-ring (bicyclic) bond motifs is 1. The fraction of sp³-hybridized carbons (Fsp3) is 0.125. The molecule has 3 aromatic rings. The van der Waals surface area contributed by atoms with Crippen molar-refractivity contribution in [3.05, 3.63) is 52.5 Å². The third-order valence-corrected chi connectivity index (χ3v) is 4.90. The number of amides is 1. The first-order chi connectivity index (χ1) is 12.0. The number of halogens is 4. The third-order valence-electron chi connectivity index (χ3n) is 3.32. The van der Waals surface area contributed by atoms with E-state index in [9.17, 15) is 13.6 Å². The Bertz CT molecular complexity index is 913. The monoisotopic (exact) mass is 401 g/mol. The molecule has 4 nitrogen and oxygen atoms in total. The quantitative estimate of drug-likeness (QED) is 0.576. The second-order valence-electron chi connectivity index (χ2n) is 4.96. The molecule has 1 amide bonds. The van der Waals surface area contributed by atoms with Crippen molar-refractivity contribution in [2.75, 3.05) is 11.1 Å². The molecule has 0 spiro atoms. The minimum Gasteiger partial charge on any atom is -0.323 e. The SMILES string of the molecule is O=C(CSc1nc2ccccc2n1C(F)F)Nc1c(Cl)cccc1Cl. The van der Waals surface area contributed by atoms with E-state index < -0.39 is 12.5 Å². The van der Waals surface area contributed by atoms with Gasteiger partial charge in [0.05, 0.1) is 32.5 Å². The number of imidazole rings is 1. The first-order valence-electron chi connectivity index (χ1n) is 7.09. The van der Waals surface area contributed by atoms with E-state index >= 15 is 0 Å². The van der Waals surface area contributed by atoms with Crippen molar-refractivity contribution >= 4 is 57.6 Å². The fourth-order valence-electron chi connectivity index (χ4n) is 2.24. The van der Waals surface area contributed by atoms with Gasteiger partial charge in [-0.2, -0.15) is 8.78 Å². The van der Waals surface area contributed by atoms with Crippen molar-refractivity contribution in [1.82, 2.24) is 9.55 Å². The van der Waals surface area contributed by atoms with Crippen molar-refractivity contribution in [3.8, 4) is 0 Å². The van der Waals surface area contributed by atoms with Crippen LogP contribution >= 0.6 is 35.0 Å². The number of anilines is 1. The van der Waals surface area contributed by atoms with Crippen LogP contribution in [0.3, 0.4) is 0 Å². The van der Waals surface area contributed by atoms with Gasteiger partial charge < -0.3 is 5.32 Å². The Kier molecular flexibility index (Phi) is 5.46. The smallest absolute Gasteiger partial charge is 0.321 e. The lowest BCUT2D eigenvalue weighted by Crippen LogP contribution is -2.15. The fourth-order valence-corrected chi connectivity index (χ4v) is 3.54. The molecule has 0 saturated carbocycles. The van der Waals surface area contributed by atoms with Gasteiger partial charge in [0.25, 0.3) is 0 Å². The number of para-hydroxylation sites is 3. The van der Waals surface area contributed by atoms with Crippen LogP contribution in [0, 0.1) is 0 Å². The number of rotatable bonds is 5. The van der Waals surface area contributed by atoms with Gasteiger partial charge in [-0.15, -0.1) is 0 Å². The van der Waals surface area contributed by atoms with E-state index in [4.69, 9.17) is 23.2 Å². The Morgan fingerprint density at radius 3 is 2.52 bits per heavy atom. The summed E-state index contributed by atoms with van der Waals surface area (Å²) < 4.78 is 27.5. The molecule has 0 unspecified atom stereocenters. The lowest BCUT2D eigenvalue weighted by molar-refractivity contribution is -0.113. The second kappa shape index (κ2) is 7.59.